The summed E-state index contributed by atoms with van der Waals surface area (Å²) >= 11 is 11.9. The van der Waals surface area contributed by atoms with Gasteiger partial charge in [0.25, 0.3) is 0 Å². The Morgan fingerprint density at radius 1 is 1.12 bits per heavy atom. The zero-order valence-electron chi connectivity index (χ0n) is 13.4. The number of ether oxygens (including phenoxy) is 2. The van der Waals surface area contributed by atoms with Gasteiger partial charge in [0, 0.05) is 12.6 Å². The predicted octanol–water partition coefficient (Wildman–Crippen LogP) is 2.54. The lowest BCUT2D eigenvalue weighted by Crippen LogP contribution is -2.27. The molecular formula is C15H21Cl2NO6. The Hall–Kier alpha value is -1.54. The van der Waals surface area contributed by atoms with Gasteiger partial charge in [0.15, 0.2) is 0 Å². The van der Waals surface area contributed by atoms with Crippen molar-refractivity contribution in [2.45, 2.75) is 19.9 Å². The van der Waals surface area contributed by atoms with Crippen LogP contribution in [0.2, 0.25) is 10.0 Å². The summed E-state index contributed by atoms with van der Waals surface area (Å²) in [5.41, 5.74) is 0. The molecule has 0 spiro atoms. The van der Waals surface area contributed by atoms with Gasteiger partial charge in [0.1, 0.15) is 17.4 Å². The van der Waals surface area contributed by atoms with Crippen LogP contribution in [0.3, 0.4) is 0 Å². The maximum atomic E-state index is 9.10. The molecule has 0 aliphatic carbocycles. The lowest BCUT2D eigenvalue weighted by Gasteiger charge is -2.10. The van der Waals surface area contributed by atoms with Crippen molar-refractivity contribution < 1.29 is 29.3 Å². The maximum absolute atomic E-state index is 9.10. The minimum absolute atomic E-state index is 0.445. The summed E-state index contributed by atoms with van der Waals surface area (Å²) < 4.78 is 10.9. The van der Waals surface area contributed by atoms with Crippen LogP contribution in [0.25, 0.3) is 0 Å². The SMILES string of the molecule is CC(C)NCCOCCOc1cccc(Cl)c1Cl.O=C(O)C(=O)O. The van der Waals surface area contributed by atoms with E-state index in [4.69, 9.17) is 52.5 Å². The van der Waals surface area contributed by atoms with Crippen LogP contribution in [0.4, 0.5) is 0 Å². The number of hydrogen-bond donors (Lipinski definition) is 3. The van der Waals surface area contributed by atoms with Crippen LogP contribution in [0.1, 0.15) is 13.8 Å². The molecule has 0 saturated carbocycles. The van der Waals surface area contributed by atoms with Crippen LogP contribution in [0, 0.1) is 0 Å². The normalized spacial score (nSPS) is 10.0. The highest BCUT2D eigenvalue weighted by Gasteiger charge is 2.05. The van der Waals surface area contributed by atoms with Gasteiger partial charge >= 0.3 is 11.9 Å². The molecule has 0 aliphatic rings. The van der Waals surface area contributed by atoms with Crippen molar-refractivity contribution in [2.75, 3.05) is 26.4 Å². The number of rotatable bonds is 8. The predicted molar refractivity (Wildman–Crippen MR) is 91.2 cm³/mol. The number of benzene rings is 1. The Labute approximate surface area is 150 Å². The van der Waals surface area contributed by atoms with E-state index < -0.39 is 11.9 Å². The zero-order chi connectivity index (χ0) is 18.5. The van der Waals surface area contributed by atoms with E-state index in [9.17, 15) is 0 Å². The quantitative estimate of drug-likeness (QED) is 0.469. The molecule has 1 aromatic rings. The Morgan fingerprint density at radius 2 is 1.75 bits per heavy atom. The summed E-state index contributed by atoms with van der Waals surface area (Å²) in [4.78, 5) is 18.2. The topological polar surface area (TPSA) is 105 Å². The molecular weight excluding hydrogens is 361 g/mol. The first-order valence-corrected chi connectivity index (χ1v) is 7.85. The summed E-state index contributed by atoms with van der Waals surface area (Å²) in [7, 11) is 0. The largest absolute Gasteiger partial charge is 0.490 e. The second kappa shape index (κ2) is 12.8. The van der Waals surface area contributed by atoms with Crippen molar-refractivity contribution in [3.05, 3.63) is 28.2 Å². The van der Waals surface area contributed by atoms with E-state index in [-0.39, 0.29) is 0 Å². The third-order valence-corrected chi connectivity index (χ3v) is 3.18. The Morgan fingerprint density at radius 3 is 2.29 bits per heavy atom. The highest BCUT2D eigenvalue weighted by molar-refractivity contribution is 6.42. The fraction of sp³-hybridized carbons (Fsp3) is 0.467. The molecule has 0 radical (unpaired) electrons. The first kappa shape index (κ1) is 22.5. The molecule has 7 nitrogen and oxygen atoms in total. The van der Waals surface area contributed by atoms with Crippen molar-refractivity contribution in [1.82, 2.24) is 5.32 Å². The molecule has 0 bridgehead atoms. The van der Waals surface area contributed by atoms with Crippen molar-refractivity contribution in [1.29, 1.82) is 0 Å². The Kier molecular flexibility index (Phi) is 12.0. The lowest BCUT2D eigenvalue weighted by atomic mass is 10.3. The number of halogens is 2. The van der Waals surface area contributed by atoms with E-state index in [2.05, 4.69) is 19.2 Å². The number of nitrogens with one attached hydrogen (secondary N) is 1. The van der Waals surface area contributed by atoms with Crippen molar-refractivity contribution in [3.8, 4) is 5.75 Å². The highest BCUT2D eigenvalue weighted by Crippen LogP contribution is 2.31. The molecule has 0 unspecified atom stereocenters. The third kappa shape index (κ3) is 11.1. The van der Waals surface area contributed by atoms with Crippen molar-refractivity contribution in [3.63, 3.8) is 0 Å². The fourth-order valence-electron chi connectivity index (χ4n) is 1.33. The van der Waals surface area contributed by atoms with Crippen LogP contribution < -0.4 is 10.1 Å². The van der Waals surface area contributed by atoms with E-state index >= 15 is 0 Å². The number of carboxylic acid groups (broad SMARTS) is 2. The molecule has 0 heterocycles. The van der Waals surface area contributed by atoms with Crippen molar-refractivity contribution in [2.24, 2.45) is 0 Å². The molecule has 0 fully saturated rings. The van der Waals surface area contributed by atoms with E-state index in [1.54, 1.807) is 18.2 Å². The van der Waals surface area contributed by atoms with Gasteiger partial charge in [0.2, 0.25) is 0 Å². The van der Waals surface area contributed by atoms with E-state index in [1.165, 1.54) is 0 Å². The molecule has 0 aliphatic heterocycles. The summed E-state index contributed by atoms with van der Waals surface area (Å²) in [6, 6.07) is 5.80. The van der Waals surface area contributed by atoms with Crippen LogP contribution >= 0.6 is 23.2 Å². The number of carbonyl (C=O) groups is 2. The number of carboxylic acids is 2. The first-order chi connectivity index (χ1) is 11.3. The summed E-state index contributed by atoms with van der Waals surface area (Å²) in [5.74, 6) is -3.06. The van der Waals surface area contributed by atoms with Gasteiger partial charge in [-0.05, 0) is 12.1 Å². The Bertz CT molecular complexity index is 513. The molecule has 136 valence electrons. The molecule has 3 N–H and O–H groups in total. The van der Waals surface area contributed by atoms with Gasteiger partial charge in [-0.1, -0.05) is 43.1 Å². The molecule has 9 heteroatoms. The van der Waals surface area contributed by atoms with Crippen LogP contribution in [-0.4, -0.2) is 54.6 Å². The van der Waals surface area contributed by atoms with Gasteiger partial charge in [-0.2, -0.15) is 0 Å². The van der Waals surface area contributed by atoms with Crippen molar-refractivity contribution >= 4 is 35.1 Å². The Balaban J connectivity index is 0.000000754. The summed E-state index contributed by atoms with van der Waals surface area (Å²) in [6.45, 7) is 6.71. The highest BCUT2D eigenvalue weighted by atomic mass is 35.5. The average Bonchev–Trinajstić information content (AvgIpc) is 2.50. The molecule has 24 heavy (non-hydrogen) atoms. The van der Waals surface area contributed by atoms with Crippen LogP contribution in [0.5, 0.6) is 5.75 Å². The van der Waals surface area contributed by atoms with Crippen LogP contribution in [0.15, 0.2) is 18.2 Å². The molecule has 0 aromatic heterocycles. The average molecular weight is 382 g/mol. The molecule has 1 rings (SSSR count). The van der Waals surface area contributed by atoms with Gasteiger partial charge < -0.3 is 25.0 Å². The van der Waals surface area contributed by atoms with Gasteiger partial charge in [-0.3, -0.25) is 0 Å². The first-order valence-electron chi connectivity index (χ1n) is 7.09. The molecule has 0 saturated heterocycles. The summed E-state index contributed by atoms with van der Waals surface area (Å²) in [6.07, 6.45) is 0. The van der Waals surface area contributed by atoms with Gasteiger partial charge in [0.05, 0.1) is 18.2 Å². The standard InChI is InChI=1S/C13H19Cl2NO2.C2H2O4/c1-10(2)16-6-7-17-8-9-18-12-5-3-4-11(14)13(12)15;3-1(4)2(5)6/h3-5,10,16H,6-9H2,1-2H3;(H,3,4)(H,5,6). The molecule has 1 aromatic carbocycles. The lowest BCUT2D eigenvalue weighted by molar-refractivity contribution is -0.159. The number of hydrogen-bond acceptors (Lipinski definition) is 5. The fourth-order valence-corrected chi connectivity index (χ4v) is 1.67. The van der Waals surface area contributed by atoms with Crippen LogP contribution in [-0.2, 0) is 14.3 Å². The smallest absolute Gasteiger partial charge is 0.414 e. The maximum Gasteiger partial charge on any atom is 0.414 e. The van der Waals surface area contributed by atoms with E-state index in [1.807, 2.05) is 0 Å². The van der Waals surface area contributed by atoms with Gasteiger partial charge in [-0.15, -0.1) is 0 Å². The van der Waals surface area contributed by atoms with Gasteiger partial charge in [-0.25, -0.2) is 9.59 Å². The van der Waals surface area contributed by atoms with E-state index in [0.29, 0.717) is 41.7 Å². The third-order valence-electron chi connectivity index (χ3n) is 2.38. The number of aliphatic carboxylic acids is 2. The minimum Gasteiger partial charge on any atom is -0.490 e. The molecule has 0 amide bonds. The second-order valence-corrected chi connectivity index (χ2v) is 5.52. The minimum atomic E-state index is -1.82. The summed E-state index contributed by atoms with van der Waals surface area (Å²) in [5, 5.41) is 19.0. The molecule has 0 atom stereocenters. The van der Waals surface area contributed by atoms with E-state index in [0.717, 1.165) is 6.54 Å². The second-order valence-electron chi connectivity index (χ2n) is 4.73. The zero-order valence-corrected chi connectivity index (χ0v) is 14.9. The monoisotopic (exact) mass is 381 g/mol.